The molecule has 0 fully saturated rings. The van der Waals surface area contributed by atoms with E-state index in [1.54, 1.807) is 17.8 Å². The zero-order valence-corrected chi connectivity index (χ0v) is 13.0. The summed E-state index contributed by atoms with van der Waals surface area (Å²) in [6.07, 6.45) is 1.80. The highest BCUT2D eigenvalue weighted by Gasteiger charge is 2.01. The predicted molar refractivity (Wildman–Crippen MR) is 86.9 cm³/mol. The average molecular weight is 305 g/mol. The van der Waals surface area contributed by atoms with Gasteiger partial charge in [-0.2, -0.15) is 0 Å². The Kier molecular flexibility index (Phi) is 5.57. The Morgan fingerprint density at radius 1 is 1.10 bits per heavy atom. The Morgan fingerprint density at radius 2 is 1.65 bits per heavy atom. The van der Waals surface area contributed by atoms with Crippen molar-refractivity contribution in [2.75, 3.05) is 0 Å². The van der Waals surface area contributed by atoms with E-state index >= 15 is 0 Å². The molecule has 0 aliphatic heterocycles. The molecule has 3 heteroatoms. The maximum absolute atomic E-state index is 5.78. The van der Waals surface area contributed by atoms with Gasteiger partial charge in [0, 0.05) is 15.7 Å². The van der Waals surface area contributed by atoms with Crippen LogP contribution in [0.3, 0.4) is 0 Å². The van der Waals surface area contributed by atoms with Crippen LogP contribution in [0.15, 0.2) is 71.0 Å². The second-order valence-corrected chi connectivity index (χ2v) is 5.82. The Bertz CT molecular complexity index is 548. The van der Waals surface area contributed by atoms with Gasteiger partial charge in [-0.25, -0.2) is 0 Å². The fourth-order valence-electron chi connectivity index (χ4n) is 1.63. The molecule has 2 aromatic rings. The van der Waals surface area contributed by atoms with Gasteiger partial charge in [0.2, 0.25) is 0 Å². The third-order valence-corrected chi connectivity index (χ3v) is 4.12. The van der Waals surface area contributed by atoms with Crippen molar-refractivity contribution in [2.45, 2.75) is 28.7 Å². The van der Waals surface area contributed by atoms with E-state index < -0.39 is 0 Å². The fourth-order valence-corrected chi connectivity index (χ4v) is 2.63. The van der Waals surface area contributed by atoms with Crippen molar-refractivity contribution in [1.82, 2.24) is 0 Å². The molecule has 104 valence electrons. The zero-order chi connectivity index (χ0) is 14.4. The van der Waals surface area contributed by atoms with Crippen LogP contribution in [0, 0.1) is 0 Å². The Labute approximate surface area is 129 Å². The second kappa shape index (κ2) is 7.41. The summed E-state index contributed by atoms with van der Waals surface area (Å²) >= 11 is 7.50. The third-order valence-electron chi connectivity index (χ3n) is 2.79. The van der Waals surface area contributed by atoms with Crippen LogP contribution in [0.2, 0.25) is 0 Å². The van der Waals surface area contributed by atoms with Crippen LogP contribution in [0.4, 0.5) is 0 Å². The summed E-state index contributed by atoms with van der Waals surface area (Å²) in [5.41, 5.74) is 1.14. The van der Waals surface area contributed by atoms with Crippen LogP contribution < -0.4 is 4.74 Å². The fraction of sp³-hybridized carbons (Fsp3) is 0.176. The molecule has 0 heterocycles. The third kappa shape index (κ3) is 4.32. The van der Waals surface area contributed by atoms with Crippen molar-refractivity contribution in [3.63, 3.8) is 0 Å². The minimum atomic E-state index is 0.0246. The monoisotopic (exact) mass is 304 g/mol. The van der Waals surface area contributed by atoms with E-state index in [0.29, 0.717) is 5.88 Å². The second-order valence-electron chi connectivity index (χ2n) is 4.41. The quantitative estimate of drug-likeness (QED) is 0.512. The summed E-state index contributed by atoms with van der Waals surface area (Å²) in [6.45, 7) is 5.67. The van der Waals surface area contributed by atoms with E-state index in [0.717, 1.165) is 11.3 Å². The molecule has 2 rings (SSSR count). The van der Waals surface area contributed by atoms with Crippen LogP contribution in [-0.2, 0) is 5.88 Å². The lowest BCUT2D eigenvalue weighted by atomic mass is 10.2. The number of alkyl halides is 1. The summed E-state index contributed by atoms with van der Waals surface area (Å²) in [6, 6.07) is 16.4. The van der Waals surface area contributed by atoms with Gasteiger partial charge in [0.15, 0.2) is 0 Å². The number of hydrogen-bond donors (Lipinski definition) is 0. The Morgan fingerprint density at radius 3 is 2.15 bits per heavy atom. The maximum Gasteiger partial charge on any atom is 0.120 e. The van der Waals surface area contributed by atoms with Crippen molar-refractivity contribution in [3.8, 4) is 5.75 Å². The predicted octanol–water partition coefficient (Wildman–Crippen LogP) is 5.53. The topological polar surface area (TPSA) is 9.23 Å². The molecule has 0 aliphatic carbocycles. The van der Waals surface area contributed by atoms with Crippen LogP contribution >= 0.6 is 23.4 Å². The van der Waals surface area contributed by atoms with E-state index in [9.17, 15) is 0 Å². The summed E-state index contributed by atoms with van der Waals surface area (Å²) in [4.78, 5) is 2.38. The summed E-state index contributed by atoms with van der Waals surface area (Å²) in [5.74, 6) is 1.41. The van der Waals surface area contributed by atoms with Gasteiger partial charge in [-0.05, 0) is 48.9 Å². The first-order chi connectivity index (χ1) is 9.71. The van der Waals surface area contributed by atoms with E-state index in [4.69, 9.17) is 16.3 Å². The van der Waals surface area contributed by atoms with E-state index in [1.165, 1.54) is 9.79 Å². The number of halogens is 1. The molecule has 1 unspecified atom stereocenters. The van der Waals surface area contributed by atoms with Gasteiger partial charge in [-0.3, -0.25) is 0 Å². The molecule has 0 saturated carbocycles. The lowest BCUT2D eigenvalue weighted by Gasteiger charge is -2.10. The van der Waals surface area contributed by atoms with Crippen LogP contribution in [-0.4, -0.2) is 6.10 Å². The number of rotatable bonds is 6. The molecular formula is C17H17ClOS. The van der Waals surface area contributed by atoms with Crippen molar-refractivity contribution in [3.05, 3.63) is 66.7 Å². The van der Waals surface area contributed by atoms with Gasteiger partial charge in [0.1, 0.15) is 11.9 Å². The molecule has 0 spiro atoms. The van der Waals surface area contributed by atoms with Crippen molar-refractivity contribution in [1.29, 1.82) is 0 Å². The lowest BCUT2D eigenvalue weighted by Crippen LogP contribution is -2.06. The molecule has 0 bridgehead atoms. The minimum Gasteiger partial charge on any atom is -0.487 e. The molecule has 20 heavy (non-hydrogen) atoms. The minimum absolute atomic E-state index is 0.0246. The number of ether oxygens (including phenoxy) is 1. The van der Waals surface area contributed by atoms with E-state index in [1.807, 2.05) is 19.1 Å². The molecule has 1 nitrogen and oxygen atoms in total. The lowest BCUT2D eigenvalue weighted by molar-refractivity contribution is 0.270. The van der Waals surface area contributed by atoms with Crippen molar-refractivity contribution < 1.29 is 4.74 Å². The van der Waals surface area contributed by atoms with Crippen LogP contribution in [0.5, 0.6) is 5.75 Å². The van der Waals surface area contributed by atoms with Gasteiger partial charge >= 0.3 is 0 Å². The molecule has 1 atom stereocenters. The molecule has 2 aromatic carbocycles. The SMILES string of the molecule is C=CC(C)Oc1ccc(Sc2ccc(CCl)cc2)cc1. The van der Waals surface area contributed by atoms with Crippen molar-refractivity contribution in [2.24, 2.45) is 0 Å². The molecule has 0 amide bonds. The summed E-state index contributed by atoms with van der Waals surface area (Å²) in [5, 5.41) is 0. The van der Waals surface area contributed by atoms with E-state index in [2.05, 4.69) is 43.0 Å². The standard InChI is InChI=1S/C17H17ClOS/c1-3-13(2)19-15-6-10-17(11-7-15)20-16-8-4-14(12-18)5-9-16/h3-11,13H,1,12H2,2H3. The normalized spacial score (nSPS) is 11.9. The summed E-state index contributed by atoms with van der Waals surface area (Å²) < 4.78 is 5.66. The first kappa shape index (κ1) is 15.0. The Hall–Kier alpha value is -1.38. The van der Waals surface area contributed by atoms with Crippen molar-refractivity contribution >= 4 is 23.4 Å². The van der Waals surface area contributed by atoms with Gasteiger partial charge in [-0.15, -0.1) is 11.6 Å². The maximum atomic E-state index is 5.78. The molecule has 0 aliphatic rings. The van der Waals surface area contributed by atoms with E-state index in [-0.39, 0.29) is 6.10 Å². The van der Waals surface area contributed by atoms with Gasteiger partial charge < -0.3 is 4.74 Å². The smallest absolute Gasteiger partial charge is 0.120 e. The molecule has 0 N–H and O–H groups in total. The largest absolute Gasteiger partial charge is 0.487 e. The van der Waals surface area contributed by atoms with Crippen LogP contribution in [0.25, 0.3) is 0 Å². The number of benzene rings is 2. The molecule has 0 saturated heterocycles. The number of hydrogen-bond acceptors (Lipinski definition) is 2. The molecular weight excluding hydrogens is 288 g/mol. The first-order valence-electron chi connectivity index (χ1n) is 6.43. The highest BCUT2D eigenvalue weighted by molar-refractivity contribution is 7.99. The highest BCUT2D eigenvalue weighted by atomic mass is 35.5. The van der Waals surface area contributed by atoms with Gasteiger partial charge in [0.25, 0.3) is 0 Å². The zero-order valence-electron chi connectivity index (χ0n) is 11.4. The van der Waals surface area contributed by atoms with Gasteiger partial charge in [-0.1, -0.05) is 36.5 Å². The average Bonchev–Trinajstić information content (AvgIpc) is 2.50. The van der Waals surface area contributed by atoms with Gasteiger partial charge in [0.05, 0.1) is 0 Å². The van der Waals surface area contributed by atoms with Crippen LogP contribution in [0.1, 0.15) is 12.5 Å². The molecule has 0 aromatic heterocycles. The molecule has 0 radical (unpaired) electrons. The summed E-state index contributed by atoms with van der Waals surface area (Å²) in [7, 11) is 0. The Balaban J connectivity index is 2.00. The first-order valence-corrected chi connectivity index (χ1v) is 7.78. The highest BCUT2D eigenvalue weighted by Crippen LogP contribution is 2.29.